The van der Waals surface area contributed by atoms with E-state index in [4.69, 9.17) is 10.7 Å². The summed E-state index contributed by atoms with van der Waals surface area (Å²) in [6, 6.07) is 9.01. The highest BCUT2D eigenvalue weighted by molar-refractivity contribution is 8.14. The molecule has 3 aromatic rings. The van der Waals surface area contributed by atoms with Gasteiger partial charge in [0.05, 0.1) is 10.2 Å². The Balaban J connectivity index is 1.99. The van der Waals surface area contributed by atoms with Crippen LogP contribution in [0.5, 0.6) is 0 Å². The molecule has 0 unspecified atom stereocenters. The molecule has 7 nitrogen and oxygen atoms in total. The van der Waals surface area contributed by atoms with E-state index in [1.807, 2.05) is 24.3 Å². The van der Waals surface area contributed by atoms with Crippen molar-refractivity contribution in [2.45, 2.75) is 0 Å². The number of nitrogens with zero attached hydrogens (tertiary/aromatic N) is 4. The number of hydrazine groups is 1. The summed E-state index contributed by atoms with van der Waals surface area (Å²) in [7, 11) is 1.30. The van der Waals surface area contributed by atoms with Gasteiger partial charge in [-0.15, -0.1) is 4.41 Å². The second-order valence-electron chi connectivity index (χ2n) is 3.85. The first-order valence-electron chi connectivity index (χ1n) is 5.68. The van der Waals surface area contributed by atoms with Crippen molar-refractivity contribution in [1.29, 1.82) is 0 Å². The number of rotatable bonds is 4. The second kappa shape index (κ2) is 5.43. The van der Waals surface area contributed by atoms with Crippen molar-refractivity contribution < 1.29 is 8.42 Å². The first-order chi connectivity index (χ1) is 10.0. The van der Waals surface area contributed by atoms with Crippen molar-refractivity contribution in [2.75, 3.05) is 9.84 Å². The maximum Gasteiger partial charge on any atom is 0.342 e. The van der Waals surface area contributed by atoms with E-state index in [0.29, 0.717) is 9.55 Å². The van der Waals surface area contributed by atoms with Crippen LogP contribution in [0.1, 0.15) is 0 Å². The van der Waals surface area contributed by atoms with E-state index in [2.05, 4.69) is 20.4 Å². The van der Waals surface area contributed by atoms with Crippen LogP contribution < -0.4 is 9.84 Å². The SMILES string of the molecule is O=S(=O)(Cl)N(Nc1nc2ccccc2s1)c1ncccn1. The second-order valence-corrected chi connectivity index (χ2v) is 7.24. The summed E-state index contributed by atoms with van der Waals surface area (Å²) in [4.78, 5) is 12.0. The Labute approximate surface area is 128 Å². The lowest BCUT2D eigenvalue weighted by Crippen LogP contribution is -2.34. The van der Waals surface area contributed by atoms with E-state index in [1.54, 1.807) is 6.07 Å². The first kappa shape index (κ1) is 14.0. The minimum absolute atomic E-state index is 0.0910. The lowest BCUT2D eigenvalue weighted by atomic mass is 10.3. The van der Waals surface area contributed by atoms with Gasteiger partial charge in [0, 0.05) is 23.1 Å². The molecule has 21 heavy (non-hydrogen) atoms. The van der Waals surface area contributed by atoms with E-state index in [-0.39, 0.29) is 5.95 Å². The van der Waals surface area contributed by atoms with Crippen molar-refractivity contribution in [3.8, 4) is 0 Å². The molecule has 0 radical (unpaired) electrons. The number of aromatic nitrogens is 3. The Morgan fingerprint density at radius 2 is 1.86 bits per heavy atom. The normalized spacial score (nSPS) is 11.5. The van der Waals surface area contributed by atoms with E-state index in [0.717, 1.165) is 10.2 Å². The highest BCUT2D eigenvalue weighted by Gasteiger charge is 2.23. The highest BCUT2D eigenvalue weighted by Crippen LogP contribution is 2.27. The number of benzene rings is 1. The molecule has 0 atom stereocenters. The van der Waals surface area contributed by atoms with Gasteiger partial charge in [-0.1, -0.05) is 23.5 Å². The number of para-hydroxylation sites is 1. The predicted octanol–water partition coefficient (Wildman–Crippen LogP) is 2.40. The third kappa shape index (κ3) is 3.04. The van der Waals surface area contributed by atoms with Crippen LogP contribution in [0.4, 0.5) is 11.1 Å². The summed E-state index contributed by atoms with van der Waals surface area (Å²) < 4.78 is 24.9. The number of hydrogen-bond acceptors (Lipinski definition) is 7. The Kier molecular flexibility index (Phi) is 3.62. The standard InChI is InChI=1S/C11H8ClN5O2S2/c12-21(18,19)17(10-13-6-3-7-14-10)16-11-15-8-4-1-2-5-9(8)20-11/h1-7H,(H,15,16). The fraction of sp³-hybridized carbons (Fsp3) is 0. The molecule has 1 N–H and O–H groups in total. The summed E-state index contributed by atoms with van der Waals surface area (Å²) in [6.45, 7) is 0. The van der Waals surface area contributed by atoms with E-state index < -0.39 is 9.24 Å². The fourth-order valence-corrected chi connectivity index (χ4v) is 3.29. The van der Waals surface area contributed by atoms with E-state index in [9.17, 15) is 8.42 Å². The third-order valence-corrected chi connectivity index (χ3v) is 4.49. The smallest absolute Gasteiger partial charge is 0.255 e. The van der Waals surface area contributed by atoms with Crippen LogP contribution in [0, 0.1) is 0 Å². The number of anilines is 2. The molecule has 0 saturated carbocycles. The van der Waals surface area contributed by atoms with Gasteiger partial charge >= 0.3 is 9.24 Å². The van der Waals surface area contributed by atoms with Gasteiger partial charge in [-0.2, -0.15) is 8.42 Å². The van der Waals surface area contributed by atoms with Gasteiger partial charge in [0.1, 0.15) is 0 Å². The Hall–Kier alpha value is -1.97. The maximum absolute atomic E-state index is 11.7. The fourth-order valence-electron chi connectivity index (χ4n) is 1.61. The van der Waals surface area contributed by atoms with E-state index in [1.165, 1.54) is 23.7 Å². The number of halogens is 1. The molecule has 0 amide bonds. The zero-order valence-electron chi connectivity index (χ0n) is 10.3. The largest absolute Gasteiger partial charge is 0.342 e. The Morgan fingerprint density at radius 3 is 2.52 bits per heavy atom. The molecule has 0 bridgehead atoms. The lowest BCUT2D eigenvalue weighted by molar-refractivity contribution is 0.607. The molecule has 2 aromatic heterocycles. The van der Waals surface area contributed by atoms with Crippen molar-refractivity contribution in [2.24, 2.45) is 0 Å². The summed E-state index contributed by atoms with van der Waals surface area (Å²) in [5.41, 5.74) is 3.38. The minimum Gasteiger partial charge on any atom is -0.255 e. The summed E-state index contributed by atoms with van der Waals surface area (Å²) in [5.74, 6) is -0.0910. The monoisotopic (exact) mass is 341 g/mol. The van der Waals surface area contributed by atoms with Crippen LogP contribution in [0.25, 0.3) is 10.2 Å². The van der Waals surface area contributed by atoms with Gasteiger partial charge in [-0.25, -0.2) is 15.0 Å². The van der Waals surface area contributed by atoms with Crippen molar-refractivity contribution in [3.05, 3.63) is 42.7 Å². The summed E-state index contributed by atoms with van der Waals surface area (Å²) in [5, 5.41) is 0.368. The molecular weight excluding hydrogens is 334 g/mol. The summed E-state index contributed by atoms with van der Waals surface area (Å²) in [6.07, 6.45) is 2.83. The third-order valence-electron chi connectivity index (χ3n) is 2.44. The molecule has 10 heteroatoms. The molecule has 0 saturated heterocycles. The molecule has 108 valence electrons. The predicted molar refractivity (Wildman–Crippen MR) is 82.5 cm³/mol. The van der Waals surface area contributed by atoms with Gasteiger partial charge in [-0.3, -0.25) is 5.43 Å². The van der Waals surface area contributed by atoms with Gasteiger partial charge in [0.15, 0.2) is 0 Å². The first-order valence-corrected chi connectivity index (χ1v) is 8.76. The van der Waals surface area contributed by atoms with Gasteiger partial charge in [0.2, 0.25) is 5.13 Å². The molecule has 0 spiro atoms. The van der Waals surface area contributed by atoms with Gasteiger partial charge in [-0.05, 0) is 18.2 Å². The number of fused-ring (bicyclic) bond motifs is 1. The van der Waals surface area contributed by atoms with Gasteiger partial charge in [0.25, 0.3) is 5.95 Å². The average molecular weight is 342 g/mol. The number of thiazole rings is 1. The zero-order valence-corrected chi connectivity index (χ0v) is 12.7. The molecule has 0 aliphatic rings. The van der Waals surface area contributed by atoms with Crippen molar-refractivity contribution in [1.82, 2.24) is 15.0 Å². The number of nitrogens with one attached hydrogen (secondary N) is 1. The molecule has 0 aliphatic heterocycles. The molecular formula is C11H8ClN5O2S2. The zero-order chi connectivity index (χ0) is 14.9. The topological polar surface area (TPSA) is 88.1 Å². The summed E-state index contributed by atoms with van der Waals surface area (Å²) >= 11 is 1.29. The molecule has 2 heterocycles. The highest BCUT2D eigenvalue weighted by atomic mass is 35.7. The Morgan fingerprint density at radius 1 is 1.14 bits per heavy atom. The van der Waals surface area contributed by atoms with Gasteiger partial charge < -0.3 is 0 Å². The maximum atomic E-state index is 11.7. The van der Waals surface area contributed by atoms with Crippen LogP contribution in [0.3, 0.4) is 0 Å². The number of hydrogen-bond donors (Lipinski definition) is 1. The molecule has 0 fully saturated rings. The van der Waals surface area contributed by atoms with Crippen molar-refractivity contribution in [3.63, 3.8) is 0 Å². The van der Waals surface area contributed by atoms with Crippen LogP contribution in [-0.4, -0.2) is 23.4 Å². The molecule has 1 aromatic carbocycles. The van der Waals surface area contributed by atoms with E-state index >= 15 is 0 Å². The minimum atomic E-state index is -4.12. The van der Waals surface area contributed by atoms with Crippen LogP contribution >= 0.6 is 22.0 Å². The van der Waals surface area contributed by atoms with Crippen LogP contribution in [0.15, 0.2) is 42.7 Å². The lowest BCUT2D eigenvalue weighted by Gasteiger charge is -2.17. The average Bonchev–Trinajstić information content (AvgIpc) is 2.87. The molecule has 0 aliphatic carbocycles. The Bertz CT molecular complexity index is 835. The van der Waals surface area contributed by atoms with Crippen LogP contribution in [0.2, 0.25) is 0 Å². The van der Waals surface area contributed by atoms with Crippen molar-refractivity contribution >= 4 is 52.6 Å². The van der Waals surface area contributed by atoms with Crippen LogP contribution in [-0.2, 0) is 9.24 Å². The molecule has 3 rings (SSSR count). The quantitative estimate of drug-likeness (QED) is 0.579.